The number of aliphatic carboxylic acids is 1. The van der Waals surface area contributed by atoms with Gasteiger partial charge in [0.25, 0.3) is 0 Å². The Morgan fingerprint density at radius 2 is 1.89 bits per heavy atom. The highest BCUT2D eigenvalue weighted by molar-refractivity contribution is 7.89. The van der Waals surface area contributed by atoms with Crippen molar-refractivity contribution < 1.29 is 27.9 Å². The molecule has 19 heavy (non-hydrogen) atoms. The summed E-state index contributed by atoms with van der Waals surface area (Å²) in [4.78, 5) is 21.8. The van der Waals surface area contributed by atoms with E-state index in [1.807, 2.05) is 0 Å². The van der Waals surface area contributed by atoms with Gasteiger partial charge in [0.1, 0.15) is 0 Å². The maximum atomic E-state index is 11.9. The van der Waals surface area contributed by atoms with Gasteiger partial charge < -0.3 is 9.84 Å². The zero-order valence-electron chi connectivity index (χ0n) is 10.8. The van der Waals surface area contributed by atoms with Crippen LogP contribution in [0.1, 0.15) is 38.5 Å². The SMILES string of the molecule is COC(=O)CCS(=O)(=O)NC1(CC(=O)O)CCCC1. The van der Waals surface area contributed by atoms with E-state index in [4.69, 9.17) is 5.11 Å². The molecule has 1 aliphatic rings. The lowest BCUT2D eigenvalue weighted by Gasteiger charge is -2.28. The molecule has 1 saturated carbocycles. The minimum absolute atomic E-state index is 0.232. The van der Waals surface area contributed by atoms with Crippen molar-refractivity contribution in [2.75, 3.05) is 12.9 Å². The fraction of sp³-hybridized carbons (Fsp3) is 0.818. The molecular formula is C11H19NO6S. The Labute approximate surface area is 112 Å². The third kappa shape index (κ3) is 5.15. The maximum absolute atomic E-state index is 11.9. The van der Waals surface area contributed by atoms with Gasteiger partial charge in [-0.3, -0.25) is 9.59 Å². The Kier molecular flexibility index (Phi) is 5.30. The number of rotatable bonds is 7. The second-order valence-electron chi connectivity index (χ2n) is 4.81. The first-order valence-electron chi connectivity index (χ1n) is 6.09. The van der Waals surface area contributed by atoms with Crippen LogP contribution < -0.4 is 4.72 Å². The largest absolute Gasteiger partial charge is 0.481 e. The number of ether oxygens (including phenoxy) is 1. The molecule has 0 aliphatic heterocycles. The third-order valence-electron chi connectivity index (χ3n) is 3.22. The van der Waals surface area contributed by atoms with E-state index >= 15 is 0 Å². The highest BCUT2D eigenvalue weighted by Gasteiger charge is 2.39. The van der Waals surface area contributed by atoms with E-state index in [0.29, 0.717) is 12.8 Å². The first-order valence-corrected chi connectivity index (χ1v) is 7.74. The average Bonchev–Trinajstić information content (AvgIpc) is 2.72. The van der Waals surface area contributed by atoms with Crippen LogP contribution in [0.3, 0.4) is 0 Å². The van der Waals surface area contributed by atoms with Gasteiger partial charge in [-0.25, -0.2) is 13.1 Å². The lowest BCUT2D eigenvalue weighted by molar-refractivity contribution is -0.140. The number of nitrogens with one attached hydrogen (secondary N) is 1. The Hall–Kier alpha value is -1.15. The number of methoxy groups -OCH3 is 1. The topological polar surface area (TPSA) is 110 Å². The van der Waals surface area contributed by atoms with Crippen LogP contribution in [0.2, 0.25) is 0 Å². The summed E-state index contributed by atoms with van der Waals surface area (Å²) in [5.41, 5.74) is -0.902. The molecule has 0 radical (unpaired) electrons. The summed E-state index contributed by atoms with van der Waals surface area (Å²) < 4.78 is 30.6. The van der Waals surface area contributed by atoms with Gasteiger partial charge in [0.2, 0.25) is 10.0 Å². The molecular weight excluding hydrogens is 274 g/mol. The van der Waals surface area contributed by atoms with Crippen LogP contribution in [-0.2, 0) is 24.3 Å². The van der Waals surface area contributed by atoms with Crippen LogP contribution >= 0.6 is 0 Å². The summed E-state index contributed by atoms with van der Waals surface area (Å²) in [5.74, 6) is -2.03. The normalized spacial score (nSPS) is 18.2. The predicted molar refractivity (Wildman–Crippen MR) is 67.0 cm³/mol. The third-order valence-corrected chi connectivity index (χ3v) is 4.71. The van der Waals surface area contributed by atoms with Crippen molar-refractivity contribution in [3.8, 4) is 0 Å². The van der Waals surface area contributed by atoms with Gasteiger partial charge in [-0.2, -0.15) is 0 Å². The van der Waals surface area contributed by atoms with E-state index in [1.165, 1.54) is 7.11 Å². The number of hydrogen-bond acceptors (Lipinski definition) is 5. The van der Waals surface area contributed by atoms with Crippen molar-refractivity contribution in [1.82, 2.24) is 4.72 Å². The van der Waals surface area contributed by atoms with Crippen LogP contribution in [0.5, 0.6) is 0 Å². The molecule has 0 aromatic rings. The standard InChI is InChI=1S/C11H19NO6S/c1-18-10(15)4-7-19(16,17)12-11(8-9(13)14)5-2-3-6-11/h12H,2-8H2,1H3,(H,13,14). The van der Waals surface area contributed by atoms with Crippen LogP contribution in [0.15, 0.2) is 0 Å². The van der Waals surface area contributed by atoms with Gasteiger partial charge in [-0.1, -0.05) is 12.8 Å². The molecule has 0 amide bonds. The molecule has 0 aromatic carbocycles. The molecule has 0 unspecified atom stereocenters. The lowest BCUT2D eigenvalue weighted by atomic mass is 9.95. The summed E-state index contributed by atoms with van der Waals surface area (Å²) in [7, 11) is -2.50. The fourth-order valence-corrected chi connectivity index (χ4v) is 3.83. The van der Waals surface area contributed by atoms with Gasteiger partial charge in [0.15, 0.2) is 0 Å². The summed E-state index contributed by atoms with van der Waals surface area (Å²) in [6.07, 6.45) is 2.15. The molecule has 1 fully saturated rings. The number of esters is 1. The molecule has 0 aromatic heterocycles. The fourth-order valence-electron chi connectivity index (χ4n) is 2.36. The van der Waals surface area contributed by atoms with Gasteiger partial charge in [0.05, 0.1) is 25.7 Å². The Balaban J connectivity index is 2.67. The Morgan fingerprint density at radius 1 is 1.32 bits per heavy atom. The van der Waals surface area contributed by atoms with Crippen molar-refractivity contribution in [2.45, 2.75) is 44.1 Å². The zero-order chi connectivity index (χ0) is 14.5. The molecule has 1 rings (SSSR count). The predicted octanol–water partition coefficient (Wildman–Crippen LogP) is 0.256. The zero-order valence-corrected chi connectivity index (χ0v) is 11.7. The van der Waals surface area contributed by atoms with E-state index in [9.17, 15) is 18.0 Å². The molecule has 0 spiro atoms. The average molecular weight is 293 g/mol. The number of sulfonamides is 1. The monoisotopic (exact) mass is 293 g/mol. The van der Waals surface area contributed by atoms with Crippen LogP contribution in [0.25, 0.3) is 0 Å². The molecule has 0 heterocycles. The smallest absolute Gasteiger partial charge is 0.306 e. The van der Waals surface area contributed by atoms with Crippen LogP contribution in [0, 0.1) is 0 Å². The van der Waals surface area contributed by atoms with Gasteiger partial charge in [-0.15, -0.1) is 0 Å². The summed E-state index contributed by atoms with van der Waals surface area (Å²) in [6, 6.07) is 0. The van der Waals surface area contributed by atoms with Crippen molar-refractivity contribution in [2.24, 2.45) is 0 Å². The minimum Gasteiger partial charge on any atom is -0.481 e. The Morgan fingerprint density at radius 3 is 2.37 bits per heavy atom. The molecule has 0 bridgehead atoms. The van der Waals surface area contributed by atoms with Crippen molar-refractivity contribution in [3.05, 3.63) is 0 Å². The second-order valence-corrected chi connectivity index (χ2v) is 6.65. The number of carboxylic acids is 1. The Bertz CT molecular complexity index is 438. The molecule has 1 aliphatic carbocycles. The number of carboxylic acid groups (broad SMARTS) is 1. The van der Waals surface area contributed by atoms with Gasteiger partial charge in [-0.05, 0) is 12.8 Å². The van der Waals surface area contributed by atoms with Crippen molar-refractivity contribution >= 4 is 22.0 Å². The first kappa shape index (κ1) is 15.9. The lowest BCUT2D eigenvalue weighted by Crippen LogP contribution is -2.48. The first-order chi connectivity index (χ1) is 8.79. The molecule has 8 heteroatoms. The molecule has 110 valence electrons. The van der Waals surface area contributed by atoms with E-state index in [1.54, 1.807) is 0 Å². The number of carbonyl (C=O) groups excluding carboxylic acids is 1. The van der Waals surface area contributed by atoms with E-state index in [2.05, 4.69) is 9.46 Å². The van der Waals surface area contributed by atoms with Crippen molar-refractivity contribution in [1.29, 1.82) is 0 Å². The van der Waals surface area contributed by atoms with E-state index < -0.39 is 27.5 Å². The van der Waals surface area contributed by atoms with Crippen molar-refractivity contribution in [3.63, 3.8) is 0 Å². The van der Waals surface area contributed by atoms with E-state index in [0.717, 1.165) is 12.8 Å². The van der Waals surface area contributed by atoms with Crippen LogP contribution in [-0.4, -0.2) is 43.9 Å². The molecule has 0 saturated heterocycles. The second kappa shape index (κ2) is 6.33. The van der Waals surface area contributed by atoms with Gasteiger partial charge >= 0.3 is 11.9 Å². The molecule has 0 atom stereocenters. The summed E-state index contributed by atoms with van der Waals surface area (Å²) in [5, 5.41) is 8.88. The van der Waals surface area contributed by atoms with Gasteiger partial charge in [0, 0.05) is 5.54 Å². The quantitative estimate of drug-likeness (QED) is 0.651. The number of carbonyl (C=O) groups is 2. The highest BCUT2D eigenvalue weighted by Crippen LogP contribution is 2.33. The molecule has 7 nitrogen and oxygen atoms in total. The summed E-state index contributed by atoms with van der Waals surface area (Å²) >= 11 is 0. The van der Waals surface area contributed by atoms with E-state index in [-0.39, 0.29) is 18.6 Å². The maximum Gasteiger partial charge on any atom is 0.306 e. The molecule has 2 N–H and O–H groups in total. The minimum atomic E-state index is -3.69. The number of hydrogen-bond donors (Lipinski definition) is 2. The summed E-state index contributed by atoms with van der Waals surface area (Å²) in [6.45, 7) is 0. The van der Waals surface area contributed by atoms with Crippen LogP contribution in [0.4, 0.5) is 0 Å². The highest BCUT2D eigenvalue weighted by atomic mass is 32.2.